The van der Waals surface area contributed by atoms with Gasteiger partial charge in [-0.3, -0.25) is 19.4 Å². The highest BCUT2D eigenvalue weighted by atomic mass is 32.1. The molecular formula is C49H62N10O6S. The van der Waals surface area contributed by atoms with Crippen LogP contribution in [0.4, 0.5) is 11.5 Å². The summed E-state index contributed by atoms with van der Waals surface area (Å²) in [5, 5.41) is 37.5. The van der Waals surface area contributed by atoms with Gasteiger partial charge in [0.2, 0.25) is 11.8 Å². The van der Waals surface area contributed by atoms with Crippen molar-refractivity contribution in [3.63, 3.8) is 0 Å². The number of carbonyl (C=O) groups is 2. The van der Waals surface area contributed by atoms with E-state index in [9.17, 15) is 19.8 Å². The Morgan fingerprint density at radius 3 is 2.50 bits per heavy atom. The van der Waals surface area contributed by atoms with Crippen molar-refractivity contribution in [1.29, 1.82) is 0 Å². The maximum absolute atomic E-state index is 14.2. The van der Waals surface area contributed by atoms with Crippen molar-refractivity contribution in [2.24, 2.45) is 11.8 Å². The van der Waals surface area contributed by atoms with E-state index in [2.05, 4.69) is 58.4 Å². The summed E-state index contributed by atoms with van der Waals surface area (Å²) in [6, 6.07) is 18.3. The first-order chi connectivity index (χ1) is 31.9. The Labute approximate surface area is 390 Å². The predicted octanol–water partition coefficient (Wildman–Crippen LogP) is 5.58. The minimum Gasteiger partial charge on any atom is -0.507 e. The summed E-state index contributed by atoms with van der Waals surface area (Å²) in [4.78, 5) is 44.7. The van der Waals surface area contributed by atoms with Gasteiger partial charge in [-0.25, -0.2) is 4.98 Å². The van der Waals surface area contributed by atoms with Crippen LogP contribution in [-0.4, -0.2) is 148 Å². The first-order valence-corrected chi connectivity index (χ1v) is 24.3. The molecule has 4 aliphatic rings. The molecule has 2 amide bonds. The van der Waals surface area contributed by atoms with Gasteiger partial charge in [0.05, 0.1) is 45.7 Å². The molecule has 0 bridgehead atoms. The number of nitrogens with zero attached hydrogens (tertiary/aromatic N) is 9. The first-order valence-electron chi connectivity index (χ1n) is 23.4. The molecule has 3 aromatic heterocycles. The number of piperidine rings is 1. The maximum Gasteiger partial charge on any atom is 0.254 e. The normalized spacial score (nSPS) is 21.4. The number of aliphatic hydroxyl groups is 1. The van der Waals surface area contributed by atoms with Crippen LogP contribution in [0.25, 0.3) is 21.7 Å². The van der Waals surface area contributed by atoms with Crippen molar-refractivity contribution < 1.29 is 29.1 Å². The monoisotopic (exact) mass is 918 g/mol. The molecule has 0 saturated carbocycles. The number of fused-ring (bicyclic) bond motifs is 3. The highest BCUT2D eigenvalue weighted by Crippen LogP contribution is 2.39. The molecule has 5 unspecified atom stereocenters. The first kappa shape index (κ1) is 45.5. The predicted molar refractivity (Wildman–Crippen MR) is 254 cm³/mol. The van der Waals surface area contributed by atoms with E-state index in [1.807, 2.05) is 75.7 Å². The molecule has 3 fully saturated rings. The minimum absolute atomic E-state index is 0.0645. The number of carbonyl (C=O) groups excluding carboxylic acids is 2. The molecule has 7 heterocycles. The smallest absolute Gasteiger partial charge is 0.254 e. The van der Waals surface area contributed by atoms with E-state index in [-0.39, 0.29) is 42.5 Å². The maximum atomic E-state index is 14.2. The number of amides is 2. The number of aromatic hydroxyl groups is 1. The van der Waals surface area contributed by atoms with Crippen LogP contribution in [0, 0.1) is 18.8 Å². The number of β-amino-alcohol motifs (C(OH)–C–C–N with tert-alkyl or cyclic N) is 1. The van der Waals surface area contributed by atoms with E-state index in [4.69, 9.17) is 9.26 Å². The van der Waals surface area contributed by atoms with Crippen LogP contribution in [0.3, 0.4) is 0 Å². The minimum atomic E-state index is -0.817. The average Bonchev–Trinajstić information content (AvgIpc) is 4.07. The lowest BCUT2D eigenvalue weighted by molar-refractivity contribution is -0.141. The molecule has 9 rings (SSSR count). The molecular weight excluding hydrogens is 857 g/mol. The zero-order valence-electron chi connectivity index (χ0n) is 38.5. The van der Waals surface area contributed by atoms with Crippen molar-refractivity contribution in [1.82, 2.24) is 40.4 Å². The molecule has 3 N–H and O–H groups in total. The summed E-state index contributed by atoms with van der Waals surface area (Å²) in [7, 11) is 2.09. The summed E-state index contributed by atoms with van der Waals surface area (Å²) in [6.45, 7) is 16.0. The SMILES string of the molecule is Cc1ncsc1-c1ccc(C(C)NC(=O)C2CC(O)CN2C(=O)C(c2cc(OCCN3CCC(CN4CCN5c6cc(-c7ccccc7O)nnc6N(C)CC5C4)CC3)no2)C(C)C)cc1. The van der Waals surface area contributed by atoms with Gasteiger partial charge in [-0.15, -0.1) is 21.5 Å². The topological polar surface area (TPSA) is 177 Å². The lowest BCUT2D eigenvalue weighted by Crippen LogP contribution is -2.60. The third-order valence-corrected chi connectivity index (χ3v) is 14.9. The molecule has 5 atom stereocenters. The van der Waals surface area contributed by atoms with Gasteiger partial charge in [-0.05, 0) is 86.1 Å². The van der Waals surface area contributed by atoms with E-state index in [0.29, 0.717) is 41.5 Å². The molecule has 3 saturated heterocycles. The van der Waals surface area contributed by atoms with Crippen molar-refractivity contribution in [2.75, 3.05) is 82.4 Å². The van der Waals surface area contributed by atoms with Crippen LogP contribution in [0.1, 0.15) is 69.0 Å². The second-order valence-electron chi connectivity index (χ2n) is 18.9. The van der Waals surface area contributed by atoms with E-state index in [1.165, 1.54) is 4.90 Å². The Morgan fingerprint density at radius 2 is 1.76 bits per heavy atom. The van der Waals surface area contributed by atoms with Crippen molar-refractivity contribution in [3.8, 4) is 33.3 Å². The zero-order valence-corrected chi connectivity index (χ0v) is 39.4. The summed E-state index contributed by atoms with van der Waals surface area (Å²) in [5.41, 5.74) is 7.29. The van der Waals surface area contributed by atoms with Gasteiger partial charge in [-0.1, -0.05) is 50.2 Å². The number of phenolic OH excluding ortho intramolecular Hbond substituents is 1. The molecule has 0 spiro atoms. The zero-order chi connectivity index (χ0) is 46.1. The Bertz CT molecular complexity index is 2470. The van der Waals surface area contributed by atoms with Crippen LogP contribution in [-0.2, 0) is 9.59 Å². The van der Waals surface area contributed by atoms with E-state index >= 15 is 0 Å². The number of rotatable bonds is 14. The number of para-hydroxylation sites is 1. The van der Waals surface area contributed by atoms with Gasteiger partial charge in [0, 0.05) is 70.9 Å². The van der Waals surface area contributed by atoms with Gasteiger partial charge in [0.15, 0.2) is 11.6 Å². The number of likely N-dealkylation sites (N-methyl/N-ethyl adjacent to an activating group) is 1. The Morgan fingerprint density at radius 1 is 0.970 bits per heavy atom. The van der Waals surface area contributed by atoms with Crippen LogP contribution >= 0.6 is 11.3 Å². The van der Waals surface area contributed by atoms with Crippen LogP contribution in [0.2, 0.25) is 0 Å². The molecule has 4 aliphatic heterocycles. The quantitative estimate of drug-likeness (QED) is 0.126. The molecule has 0 radical (unpaired) electrons. The van der Waals surface area contributed by atoms with E-state index in [1.54, 1.807) is 23.5 Å². The lowest BCUT2D eigenvalue weighted by Gasteiger charge is -2.49. The van der Waals surface area contributed by atoms with Gasteiger partial charge < -0.3 is 39.5 Å². The van der Waals surface area contributed by atoms with Gasteiger partial charge in [-0.2, -0.15) is 0 Å². The fourth-order valence-electron chi connectivity index (χ4n) is 10.3. The van der Waals surface area contributed by atoms with E-state index in [0.717, 1.165) is 98.4 Å². The summed E-state index contributed by atoms with van der Waals surface area (Å²) in [5.74, 6) is 0.983. The van der Waals surface area contributed by atoms with Crippen molar-refractivity contribution in [3.05, 3.63) is 83.2 Å². The number of piperazine rings is 1. The molecule has 16 nitrogen and oxygen atoms in total. The molecule has 2 aromatic carbocycles. The van der Waals surface area contributed by atoms with Crippen molar-refractivity contribution in [2.45, 2.75) is 77.1 Å². The standard InChI is InChI=1S/C49H62N10O6S/c1-30(2)45(49(63)59-28-37(60)22-41(59)48(62)51-31(3)34-10-12-35(13-11-34)46-32(4)50-29-66-46)43-24-44(54-65-43)64-21-20-56-16-14-33(15-17-56)25-57-18-19-58-36(27-57)26-55(5)47-40(58)23-39(52-53-47)38-8-6-7-9-42(38)61/h6-13,23-24,29-31,33,36-37,41,45,60-61H,14-22,25-28H2,1-5H3,(H,51,62). The third kappa shape index (κ3) is 9.75. The van der Waals surface area contributed by atoms with Crippen molar-refractivity contribution >= 4 is 34.7 Å². The number of hydrogen-bond donors (Lipinski definition) is 3. The fraction of sp³-hybridized carbons (Fsp3) is 0.510. The Balaban J connectivity index is 0.730. The number of aliphatic hydroxyl groups excluding tert-OH is 1. The number of benzene rings is 2. The molecule has 17 heteroatoms. The fourth-order valence-corrected chi connectivity index (χ4v) is 11.1. The number of ether oxygens (including phenoxy) is 1. The van der Waals surface area contributed by atoms with Crippen LogP contribution < -0.4 is 19.9 Å². The summed E-state index contributed by atoms with van der Waals surface area (Å²) in [6.07, 6.45) is 1.60. The summed E-state index contributed by atoms with van der Waals surface area (Å²) >= 11 is 1.60. The molecule has 5 aromatic rings. The number of anilines is 2. The van der Waals surface area contributed by atoms with E-state index < -0.39 is 18.1 Å². The number of aryl methyl sites for hydroxylation is 1. The number of phenols is 1. The number of aromatic nitrogens is 4. The van der Waals surface area contributed by atoms with Gasteiger partial charge >= 0.3 is 0 Å². The highest BCUT2D eigenvalue weighted by Gasteiger charge is 2.44. The number of likely N-dealkylation sites (tertiary alicyclic amines) is 2. The Hall–Kier alpha value is -5.62. The number of nitrogens with one attached hydrogen (secondary N) is 1. The van der Waals surface area contributed by atoms with Crippen LogP contribution in [0.15, 0.2) is 70.7 Å². The largest absolute Gasteiger partial charge is 0.507 e. The third-order valence-electron chi connectivity index (χ3n) is 13.9. The Kier molecular flexibility index (Phi) is 13.6. The van der Waals surface area contributed by atoms with Crippen LogP contribution in [0.5, 0.6) is 11.6 Å². The molecule has 66 heavy (non-hydrogen) atoms. The lowest BCUT2D eigenvalue weighted by atomic mass is 9.91. The molecule has 350 valence electrons. The number of hydrogen-bond acceptors (Lipinski definition) is 15. The number of thiazole rings is 1. The van der Waals surface area contributed by atoms with Gasteiger partial charge in [0.1, 0.15) is 24.3 Å². The highest BCUT2D eigenvalue weighted by molar-refractivity contribution is 7.13. The molecule has 0 aliphatic carbocycles. The second-order valence-corrected chi connectivity index (χ2v) is 19.7. The van der Waals surface area contributed by atoms with Gasteiger partial charge in [0.25, 0.3) is 5.88 Å². The average molecular weight is 919 g/mol. The second kappa shape index (κ2) is 19.7. The summed E-state index contributed by atoms with van der Waals surface area (Å²) < 4.78 is 11.8.